The predicted molar refractivity (Wildman–Crippen MR) is 185 cm³/mol. The molecule has 8 aromatic rings. The summed E-state index contributed by atoms with van der Waals surface area (Å²) < 4.78 is 0. The van der Waals surface area contributed by atoms with E-state index < -0.39 is 0 Å². The molecule has 0 bridgehead atoms. The van der Waals surface area contributed by atoms with Gasteiger partial charge >= 0.3 is 0 Å². The van der Waals surface area contributed by atoms with Gasteiger partial charge < -0.3 is 10.6 Å². The van der Waals surface area contributed by atoms with Crippen molar-refractivity contribution in [1.82, 2.24) is 0 Å². The van der Waals surface area contributed by atoms with E-state index >= 15 is 0 Å². The maximum absolute atomic E-state index is 12.9. The number of rotatable bonds is 9. The van der Waals surface area contributed by atoms with Gasteiger partial charge in [-0.3, -0.25) is 9.59 Å². The van der Waals surface area contributed by atoms with Gasteiger partial charge in [-0.15, -0.1) is 0 Å². The summed E-state index contributed by atoms with van der Waals surface area (Å²) in [7, 11) is 0. The molecule has 0 unspecified atom stereocenters. The summed E-state index contributed by atoms with van der Waals surface area (Å²) in [5.74, 6) is 0.0663. The van der Waals surface area contributed by atoms with E-state index in [1.165, 1.54) is 48.5 Å². The molecule has 2 amide bonds. The monoisotopic (exact) mass is 572 g/mol. The minimum Gasteiger partial charge on any atom is -0.326 e. The third-order valence-electron chi connectivity index (χ3n) is 9.11. The Labute approximate surface area is 255 Å². The van der Waals surface area contributed by atoms with E-state index in [9.17, 15) is 9.59 Å². The van der Waals surface area contributed by atoms with Gasteiger partial charge in [0.1, 0.15) is 0 Å². The lowest BCUT2D eigenvalue weighted by Gasteiger charge is -2.14. The molecule has 8 rings (SSSR count). The Balaban J connectivity index is 0.840. The van der Waals surface area contributed by atoms with Crippen LogP contribution in [0.15, 0.2) is 109 Å². The van der Waals surface area contributed by atoms with E-state index in [0.29, 0.717) is 12.8 Å². The molecule has 0 saturated carbocycles. The third kappa shape index (κ3) is 4.64. The fraction of sp³-hybridized carbons (Fsp3) is 0.150. The Hall–Kier alpha value is -5.22. The average molecular weight is 573 g/mol. The van der Waals surface area contributed by atoms with Crippen molar-refractivity contribution in [2.45, 2.75) is 38.5 Å². The Morgan fingerprint density at radius 1 is 0.432 bits per heavy atom. The molecule has 0 aliphatic carbocycles. The van der Waals surface area contributed by atoms with Crippen molar-refractivity contribution in [2.24, 2.45) is 0 Å². The highest BCUT2D eigenvalue weighted by Gasteiger charge is 2.13. The van der Waals surface area contributed by atoms with E-state index in [4.69, 9.17) is 0 Å². The molecule has 0 heterocycles. The summed E-state index contributed by atoms with van der Waals surface area (Å²) in [5.41, 5.74) is 1.70. The van der Waals surface area contributed by atoms with Gasteiger partial charge in [0.15, 0.2) is 0 Å². The van der Waals surface area contributed by atoms with Crippen LogP contribution in [0.25, 0.3) is 64.6 Å². The van der Waals surface area contributed by atoms with Crippen molar-refractivity contribution >= 4 is 87.8 Å². The minimum atomic E-state index is 0.0320. The minimum absolute atomic E-state index is 0.0320. The highest BCUT2D eigenvalue weighted by molar-refractivity contribution is 6.26. The second kappa shape index (κ2) is 10.8. The number of unbranched alkanes of at least 4 members (excludes halogenated alkanes) is 3. The maximum atomic E-state index is 12.9. The molecule has 0 aliphatic heterocycles. The van der Waals surface area contributed by atoms with E-state index in [-0.39, 0.29) is 11.8 Å². The molecule has 0 radical (unpaired) electrons. The molecule has 44 heavy (non-hydrogen) atoms. The summed E-state index contributed by atoms with van der Waals surface area (Å²) in [6.45, 7) is 0. The number of nitrogens with one attached hydrogen (secondary N) is 2. The molecule has 0 aliphatic rings. The van der Waals surface area contributed by atoms with Crippen LogP contribution < -0.4 is 10.6 Å². The normalized spacial score (nSPS) is 11.9. The number of hydrogen-bond donors (Lipinski definition) is 2. The number of carbonyl (C=O) groups excluding carboxylic acids is 2. The van der Waals surface area contributed by atoms with Crippen LogP contribution in [0.3, 0.4) is 0 Å². The van der Waals surface area contributed by atoms with Gasteiger partial charge in [-0.1, -0.05) is 104 Å². The Kier molecular flexibility index (Phi) is 6.48. The van der Waals surface area contributed by atoms with Gasteiger partial charge in [0.05, 0.1) is 0 Å². The lowest BCUT2D eigenvalue weighted by atomic mass is 9.93. The number of carbonyl (C=O) groups is 2. The fourth-order valence-electron chi connectivity index (χ4n) is 7.03. The molecule has 4 heteroatoms. The summed E-state index contributed by atoms with van der Waals surface area (Å²) >= 11 is 0. The molecule has 8 aromatic carbocycles. The van der Waals surface area contributed by atoms with Crippen molar-refractivity contribution in [3.63, 3.8) is 0 Å². The van der Waals surface area contributed by atoms with Crippen LogP contribution in [-0.2, 0) is 9.59 Å². The summed E-state index contributed by atoms with van der Waals surface area (Å²) in [6, 6.07) is 38.2. The quantitative estimate of drug-likeness (QED) is 0.134. The van der Waals surface area contributed by atoms with Gasteiger partial charge in [0, 0.05) is 29.6 Å². The maximum Gasteiger partial charge on any atom is 0.224 e. The molecule has 2 N–H and O–H groups in total. The molecular formula is C40H32N2O2. The lowest BCUT2D eigenvalue weighted by Crippen LogP contribution is -2.12. The van der Waals surface area contributed by atoms with Crippen molar-refractivity contribution in [2.75, 3.05) is 10.6 Å². The second-order valence-electron chi connectivity index (χ2n) is 12.0. The zero-order valence-corrected chi connectivity index (χ0v) is 24.5. The first kappa shape index (κ1) is 26.4. The van der Waals surface area contributed by atoms with Crippen molar-refractivity contribution in [3.8, 4) is 0 Å². The molecular weight excluding hydrogens is 540 g/mol. The molecule has 0 saturated heterocycles. The van der Waals surface area contributed by atoms with E-state index in [1.807, 2.05) is 6.07 Å². The van der Waals surface area contributed by atoms with E-state index in [0.717, 1.165) is 53.2 Å². The van der Waals surface area contributed by atoms with E-state index in [1.54, 1.807) is 0 Å². The molecule has 0 spiro atoms. The van der Waals surface area contributed by atoms with Crippen molar-refractivity contribution in [1.29, 1.82) is 0 Å². The highest BCUT2D eigenvalue weighted by atomic mass is 16.2. The first-order chi connectivity index (χ1) is 21.6. The van der Waals surface area contributed by atoms with Gasteiger partial charge in [-0.05, 0) is 90.3 Å². The van der Waals surface area contributed by atoms with Gasteiger partial charge in [0.2, 0.25) is 11.8 Å². The first-order valence-corrected chi connectivity index (χ1v) is 15.6. The number of benzene rings is 8. The number of anilines is 2. The van der Waals surface area contributed by atoms with Gasteiger partial charge in [-0.25, -0.2) is 0 Å². The molecule has 4 nitrogen and oxygen atoms in total. The van der Waals surface area contributed by atoms with Crippen molar-refractivity contribution < 1.29 is 9.59 Å². The zero-order valence-electron chi connectivity index (χ0n) is 24.5. The highest BCUT2D eigenvalue weighted by Crippen LogP contribution is 2.38. The van der Waals surface area contributed by atoms with E-state index in [2.05, 4.69) is 114 Å². The van der Waals surface area contributed by atoms with Crippen LogP contribution >= 0.6 is 0 Å². The Bertz CT molecular complexity index is 2260. The third-order valence-corrected chi connectivity index (χ3v) is 9.11. The molecule has 0 aromatic heterocycles. The summed E-state index contributed by atoms with van der Waals surface area (Å²) in [5, 5.41) is 20.7. The zero-order chi connectivity index (χ0) is 29.6. The predicted octanol–water partition coefficient (Wildman–Crippen LogP) is 10.4. The van der Waals surface area contributed by atoms with Gasteiger partial charge in [0.25, 0.3) is 0 Å². The summed E-state index contributed by atoms with van der Waals surface area (Å²) in [4.78, 5) is 25.6. The first-order valence-electron chi connectivity index (χ1n) is 15.6. The fourth-order valence-corrected chi connectivity index (χ4v) is 7.03. The van der Waals surface area contributed by atoms with Crippen molar-refractivity contribution in [3.05, 3.63) is 109 Å². The van der Waals surface area contributed by atoms with Crippen LogP contribution in [0.2, 0.25) is 0 Å². The smallest absolute Gasteiger partial charge is 0.224 e. The van der Waals surface area contributed by atoms with Gasteiger partial charge in [-0.2, -0.15) is 0 Å². The van der Waals surface area contributed by atoms with Crippen LogP contribution in [0.4, 0.5) is 11.4 Å². The van der Waals surface area contributed by atoms with Crippen LogP contribution in [0.5, 0.6) is 0 Å². The lowest BCUT2D eigenvalue weighted by molar-refractivity contribution is -0.117. The average Bonchev–Trinajstić information content (AvgIpc) is 3.04. The van der Waals surface area contributed by atoms with Crippen LogP contribution in [-0.4, -0.2) is 11.8 Å². The van der Waals surface area contributed by atoms with Crippen LogP contribution in [0, 0.1) is 0 Å². The SMILES string of the molecule is O=C(CCCCCCC(=O)Nc1ccc2ccc3cccc4ccc1c2c34)Nc1cc2ccc3cccc4ccc(c1)c2c34. The number of amides is 2. The molecule has 0 atom stereocenters. The largest absolute Gasteiger partial charge is 0.326 e. The Morgan fingerprint density at radius 3 is 1.45 bits per heavy atom. The topological polar surface area (TPSA) is 58.2 Å². The van der Waals surface area contributed by atoms with Crippen LogP contribution in [0.1, 0.15) is 38.5 Å². The molecule has 0 fully saturated rings. The Morgan fingerprint density at radius 2 is 0.864 bits per heavy atom. The molecule has 214 valence electrons. The standard InChI is InChI=1S/C40H32N2O2/c43-35(41-32-23-30-17-15-25-7-5-8-26-16-18-31(24-32)39(30)37(25)26)11-3-1-2-4-12-36(44)42-34-22-20-29-14-13-27-9-6-10-28-19-21-33(34)40(29)38(27)28/h5-10,13-24H,1-4,11-12H2,(H,41,43)(H,42,44). The second-order valence-corrected chi connectivity index (χ2v) is 12.0. The number of hydrogen-bond acceptors (Lipinski definition) is 2. The summed E-state index contributed by atoms with van der Waals surface area (Å²) in [6.07, 6.45) is 4.38.